The Bertz CT molecular complexity index is 644. The Morgan fingerprint density at radius 1 is 0.950 bits per heavy atom. The average Bonchev–Trinajstić information content (AvgIpc) is 3.05. The first-order valence-corrected chi connectivity index (χ1v) is 8.07. The molecule has 1 heteroatoms. The molecule has 0 saturated carbocycles. The molecule has 0 spiro atoms. The molecule has 2 aliphatic rings. The molecule has 0 amide bonds. The van der Waals surface area contributed by atoms with Crippen LogP contribution < -0.4 is 0 Å². The highest BCUT2D eigenvalue weighted by Gasteiger charge is 2.30. The van der Waals surface area contributed by atoms with E-state index in [1.165, 1.54) is 36.0 Å². The molecular formula is C19H19Cl. The van der Waals surface area contributed by atoms with Crippen molar-refractivity contribution in [3.05, 3.63) is 70.3 Å². The third-order valence-corrected chi connectivity index (χ3v) is 5.50. The van der Waals surface area contributed by atoms with Crippen molar-refractivity contribution in [1.29, 1.82) is 0 Å². The molecule has 2 aromatic carbocycles. The van der Waals surface area contributed by atoms with Gasteiger partial charge >= 0.3 is 0 Å². The van der Waals surface area contributed by atoms with Crippen LogP contribution in [0, 0.1) is 5.92 Å². The number of fused-ring (bicyclic) bond motifs is 2. The lowest BCUT2D eigenvalue weighted by molar-refractivity contribution is 0.543. The predicted octanol–water partition coefficient (Wildman–Crippen LogP) is 4.87. The summed E-state index contributed by atoms with van der Waals surface area (Å²) in [4.78, 5) is 0. The Kier molecular flexibility index (Phi) is 3.07. The Hall–Kier alpha value is -1.27. The van der Waals surface area contributed by atoms with Crippen molar-refractivity contribution in [1.82, 2.24) is 0 Å². The monoisotopic (exact) mass is 282 g/mol. The Labute approximate surface area is 125 Å². The van der Waals surface area contributed by atoms with Crippen LogP contribution in [0.25, 0.3) is 0 Å². The fourth-order valence-electron chi connectivity index (χ4n) is 3.86. The molecule has 2 unspecified atom stereocenters. The molecule has 0 saturated heterocycles. The van der Waals surface area contributed by atoms with E-state index in [1.54, 1.807) is 11.1 Å². The zero-order valence-electron chi connectivity index (χ0n) is 11.6. The Morgan fingerprint density at radius 3 is 2.70 bits per heavy atom. The number of aryl methyl sites for hydroxylation is 2. The van der Waals surface area contributed by atoms with Gasteiger partial charge in [-0.15, -0.1) is 11.6 Å². The highest BCUT2D eigenvalue weighted by molar-refractivity contribution is 6.21. The fourth-order valence-corrected chi connectivity index (χ4v) is 4.25. The predicted molar refractivity (Wildman–Crippen MR) is 84.4 cm³/mol. The third kappa shape index (κ3) is 2.07. The maximum absolute atomic E-state index is 6.68. The summed E-state index contributed by atoms with van der Waals surface area (Å²) in [6, 6.07) is 15.7. The first-order valence-electron chi connectivity index (χ1n) is 7.64. The minimum Gasteiger partial charge on any atom is -0.117 e. The topological polar surface area (TPSA) is 0 Å². The second-order valence-electron chi connectivity index (χ2n) is 6.23. The maximum atomic E-state index is 6.68. The summed E-state index contributed by atoms with van der Waals surface area (Å²) in [5, 5.41) is 0.180. The first kappa shape index (κ1) is 12.5. The molecule has 0 radical (unpaired) electrons. The van der Waals surface area contributed by atoms with Crippen molar-refractivity contribution in [3.8, 4) is 0 Å². The summed E-state index contributed by atoms with van der Waals surface area (Å²) in [7, 11) is 0. The smallest absolute Gasteiger partial charge is 0.0622 e. The molecule has 0 bridgehead atoms. The van der Waals surface area contributed by atoms with Crippen molar-refractivity contribution < 1.29 is 0 Å². The molecule has 0 aliphatic heterocycles. The number of rotatable bonds is 2. The summed E-state index contributed by atoms with van der Waals surface area (Å²) in [6.07, 6.45) is 6.09. The molecule has 2 aromatic rings. The highest BCUT2D eigenvalue weighted by atomic mass is 35.5. The quantitative estimate of drug-likeness (QED) is 0.689. The molecule has 2 atom stereocenters. The van der Waals surface area contributed by atoms with E-state index in [4.69, 9.17) is 11.6 Å². The van der Waals surface area contributed by atoms with Gasteiger partial charge in [-0.3, -0.25) is 0 Å². The number of hydrogen-bond acceptors (Lipinski definition) is 0. The van der Waals surface area contributed by atoms with Crippen LogP contribution in [0.15, 0.2) is 42.5 Å². The van der Waals surface area contributed by atoms with Crippen LogP contribution in [0.5, 0.6) is 0 Å². The van der Waals surface area contributed by atoms with Crippen LogP contribution in [-0.2, 0) is 25.7 Å². The van der Waals surface area contributed by atoms with E-state index in [9.17, 15) is 0 Å². The van der Waals surface area contributed by atoms with E-state index >= 15 is 0 Å². The van der Waals surface area contributed by atoms with E-state index < -0.39 is 0 Å². The largest absolute Gasteiger partial charge is 0.117 e. The lowest BCUT2D eigenvalue weighted by atomic mass is 9.94. The zero-order chi connectivity index (χ0) is 13.5. The number of benzene rings is 2. The molecule has 0 heterocycles. The molecule has 0 fully saturated rings. The first-order chi connectivity index (χ1) is 9.81. The van der Waals surface area contributed by atoms with Crippen LogP contribution in [-0.4, -0.2) is 0 Å². The van der Waals surface area contributed by atoms with E-state index in [0.29, 0.717) is 5.92 Å². The molecule has 4 rings (SSSR count). The van der Waals surface area contributed by atoms with Crippen molar-refractivity contribution in [3.63, 3.8) is 0 Å². The molecule has 2 aliphatic carbocycles. The van der Waals surface area contributed by atoms with Crippen molar-refractivity contribution in [2.24, 2.45) is 5.92 Å². The summed E-state index contributed by atoms with van der Waals surface area (Å²) in [5.41, 5.74) is 7.39. The van der Waals surface area contributed by atoms with E-state index in [1.807, 2.05) is 0 Å². The lowest BCUT2D eigenvalue weighted by Crippen LogP contribution is -2.07. The standard InChI is InChI=1S/C19H19Cl/c20-19-17(12-16-4-1-2-7-18(16)19)11-13-8-9-14-5-3-6-15(14)10-13/h1-2,4,7-10,17,19H,3,5-6,11-12H2. The van der Waals surface area contributed by atoms with Crippen molar-refractivity contribution in [2.45, 2.75) is 37.5 Å². The molecular weight excluding hydrogens is 264 g/mol. The van der Waals surface area contributed by atoms with Crippen LogP contribution in [0.1, 0.15) is 39.6 Å². The van der Waals surface area contributed by atoms with Gasteiger partial charge in [-0.2, -0.15) is 0 Å². The summed E-state index contributed by atoms with van der Waals surface area (Å²) >= 11 is 6.68. The van der Waals surface area contributed by atoms with Crippen molar-refractivity contribution >= 4 is 11.6 Å². The van der Waals surface area contributed by atoms with Gasteiger partial charge < -0.3 is 0 Å². The number of halogens is 1. The number of hydrogen-bond donors (Lipinski definition) is 0. The van der Waals surface area contributed by atoms with E-state index in [2.05, 4.69) is 42.5 Å². The Morgan fingerprint density at radius 2 is 1.80 bits per heavy atom. The highest BCUT2D eigenvalue weighted by Crippen LogP contribution is 2.42. The van der Waals surface area contributed by atoms with E-state index in [-0.39, 0.29) is 5.38 Å². The minimum absolute atomic E-state index is 0.180. The second-order valence-corrected chi connectivity index (χ2v) is 6.70. The van der Waals surface area contributed by atoms with Crippen molar-refractivity contribution in [2.75, 3.05) is 0 Å². The molecule has 0 nitrogen and oxygen atoms in total. The number of alkyl halides is 1. The third-order valence-electron chi connectivity index (χ3n) is 4.91. The van der Waals surface area contributed by atoms with Crippen LogP contribution in [0.3, 0.4) is 0 Å². The van der Waals surface area contributed by atoms with Gasteiger partial charge in [0.15, 0.2) is 0 Å². The second kappa shape index (κ2) is 4.93. The van der Waals surface area contributed by atoms with Gasteiger partial charge in [0.25, 0.3) is 0 Å². The van der Waals surface area contributed by atoms with Gasteiger partial charge in [-0.05, 0) is 65.8 Å². The maximum Gasteiger partial charge on any atom is 0.0622 e. The van der Waals surface area contributed by atoms with Crippen LogP contribution in [0.4, 0.5) is 0 Å². The molecule has 102 valence electrons. The lowest BCUT2D eigenvalue weighted by Gasteiger charge is -2.15. The van der Waals surface area contributed by atoms with Crippen LogP contribution in [0.2, 0.25) is 0 Å². The van der Waals surface area contributed by atoms with Gasteiger partial charge in [-0.1, -0.05) is 42.5 Å². The SMILES string of the molecule is ClC1c2ccccc2CC1Cc1ccc2c(c1)CCC2. The van der Waals surface area contributed by atoms with Crippen LogP contribution >= 0.6 is 11.6 Å². The average molecular weight is 283 g/mol. The summed E-state index contributed by atoms with van der Waals surface area (Å²) in [5.74, 6) is 0.550. The van der Waals surface area contributed by atoms with Gasteiger partial charge in [-0.25, -0.2) is 0 Å². The minimum atomic E-state index is 0.180. The summed E-state index contributed by atoms with van der Waals surface area (Å²) < 4.78 is 0. The van der Waals surface area contributed by atoms with Gasteiger partial charge in [0.1, 0.15) is 0 Å². The van der Waals surface area contributed by atoms with E-state index in [0.717, 1.165) is 12.8 Å². The Balaban J connectivity index is 1.56. The zero-order valence-corrected chi connectivity index (χ0v) is 12.4. The fraction of sp³-hybridized carbons (Fsp3) is 0.368. The molecule has 20 heavy (non-hydrogen) atoms. The summed E-state index contributed by atoms with van der Waals surface area (Å²) in [6.45, 7) is 0. The normalized spacial score (nSPS) is 23.6. The molecule has 0 N–H and O–H groups in total. The van der Waals surface area contributed by atoms with Gasteiger partial charge in [0.05, 0.1) is 5.38 Å². The van der Waals surface area contributed by atoms with Gasteiger partial charge in [0, 0.05) is 0 Å². The van der Waals surface area contributed by atoms with Gasteiger partial charge in [0.2, 0.25) is 0 Å². The molecule has 0 aromatic heterocycles.